The van der Waals surface area contributed by atoms with E-state index in [-0.39, 0.29) is 0 Å². The van der Waals surface area contributed by atoms with Crippen LogP contribution in [0.3, 0.4) is 0 Å². The van der Waals surface area contributed by atoms with E-state index >= 15 is 0 Å². The molecule has 2 N–H and O–H groups in total. The maximum Gasteiger partial charge on any atom is 0.262 e. The number of sulfonamides is 1. The summed E-state index contributed by atoms with van der Waals surface area (Å²) in [7, 11) is -3.58. The molecule has 0 bridgehead atoms. The Labute approximate surface area is 131 Å². The second-order valence-electron chi connectivity index (χ2n) is 5.12. The molecule has 2 aromatic carbocycles. The second kappa shape index (κ2) is 6.66. The summed E-state index contributed by atoms with van der Waals surface area (Å²) in [6.45, 7) is 8.03. The van der Waals surface area contributed by atoms with Gasteiger partial charge in [0, 0.05) is 17.9 Å². The van der Waals surface area contributed by atoms with Gasteiger partial charge in [0.25, 0.3) is 10.0 Å². The first kappa shape index (κ1) is 16.1. The molecule has 0 saturated heterocycles. The molecule has 0 heterocycles. The third-order valence-electron chi connectivity index (χ3n) is 3.21. The van der Waals surface area contributed by atoms with Gasteiger partial charge in [0.05, 0.1) is 4.90 Å². The molecule has 0 saturated carbocycles. The van der Waals surface area contributed by atoms with Crippen molar-refractivity contribution in [1.82, 2.24) is 0 Å². The zero-order chi connectivity index (χ0) is 16.2. The molecule has 0 aliphatic heterocycles. The summed E-state index contributed by atoms with van der Waals surface area (Å²) in [5.74, 6) is 0. The number of hydrogen-bond donors (Lipinski definition) is 2. The Balaban J connectivity index is 2.19. The first-order valence-corrected chi connectivity index (χ1v) is 8.45. The van der Waals surface area contributed by atoms with E-state index in [1.165, 1.54) is 0 Å². The van der Waals surface area contributed by atoms with Crippen LogP contribution in [0.15, 0.2) is 60.0 Å². The molecule has 4 nitrogen and oxygen atoms in total. The van der Waals surface area contributed by atoms with Gasteiger partial charge in [-0.15, -0.1) is 6.58 Å². The highest BCUT2D eigenvalue weighted by molar-refractivity contribution is 7.92. The highest BCUT2D eigenvalue weighted by Crippen LogP contribution is 2.21. The zero-order valence-electron chi connectivity index (χ0n) is 12.8. The first-order chi connectivity index (χ1) is 10.4. The Kier molecular flexibility index (Phi) is 4.88. The van der Waals surface area contributed by atoms with E-state index in [1.807, 2.05) is 25.1 Å². The van der Waals surface area contributed by atoms with Crippen LogP contribution in [0.2, 0.25) is 0 Å². The summed E-state index contributed by atoms with van der Waals surface area (Å²) in [5.41, 5.74) is 3.21. The summed E-state index contributed by atoms with van der Waals surface area (Å²) < 4.78 is 27.5. The van der Waals surface area contributed by atoms with Crippen molar-refractivity contribution in [1.29, 1.82) is 0 Å². The smallest absolute Gasteiger partial charge is 0.262 e. The van der Waals surface area contributed by atoms with E-state index in [1.54, 1.807) is 37.3 Å². The number of rotatable bonds is 6. The highest BCUT2D eigenvalue weighted by atomic mass is 32.2. The number of benzene rings is 2. The minimum Gasteiger partial charge on any atom is -0.382 e. The van der Waals surface area contributed by atoms with E-state index in [0.717, 1.165) is 16.8 Å². The summed E-state index contributed by atoms with van der Waals surface area (Å²) in [6.07, 6.45) is 1.76. The van der Waals surface area contributed by atoms with Crippen LogP contribution in [0.1, 0.15) is 11.1 Å². The van der Waals surface area contributed by atoms with Crippen molar-refractivity contribution in [3.05, 3.63) is 66.2 Å². The van der Waals surface area contributed by atoms with Crippen molar-refractivity contribution in [2.24, 2.45) is 0 Å². The summed E-state index contributed by atoms with van der Waals surface area (Å²) >= 11 is 0. The van der Waals surface area contributed by atoms with Crippen LogP contribution < -0.4 is 10.0 Å². The van der Waals surface area contributed by atoms with Gasteiger partial charge in [-0.3, -0.25) is 4.72 Å². The monoisotopic (exact) mass is 316 g/mol. The molecule has 0 aliphatic carbocycles. The molecule has 0 aliphatic rings. The van der Waals surface area contributed by atoms with Crippen LogP contribution in [0.4, 0.5) is 11.4 Å². The van der Waals surface area contributed by atoms with Gasteiger partial charge in [-0.1, -0.05) is 23.8 Å². The molecule has 0 atom stereocenters. The lowest BCUT2D eigenvalue weighted by Gasteiger charge is -2.11. The maximum absolute atomic E-state index is 12.5. The molecule has 116 valence electrons. The van der Waals surface area contributed by atoms with E-state index in [4.69, 9.17) is 0 Å². The molecule has 22 heavy (non-hydrogen) atoms. The quantitative estimate of drug-likeness (QED) is 0.799. The number of nitrogens with one attached hydrogen (secondary N) is 2. The van der Waals surface area contributed by atoms with Crippen LogP contribution in [-0.2, 0) is 10.0 Å². The number of hydrogen-bond acceptors (Lipinski definition) is 3. The third-order valence-corrected chi connectivity index (χ3v) is 4.75. The second-order valence-corrected chi connectivity index (χ2v) is 6.77. The van der Waals surface area contributed by atoms with Gasteiger partial charge in [0.1, 0.15) is 0 Å². The molecule has 5 heteroatoms. The maximum atomic E-state index is 12.5. The largest absolute Gasteiger partial charge is 0.382 e. The van der Waals surface area contributed by atoms with Gasteiger partial charge in [-0.2, -0.15) is 0 Å². The van der Waals surface area contributed by atoms with Gasteiger partial charge >= 0.3 is 0 Å². The van der Waals surface area contributed by atoms with Crippen LogP contribution >= 0.6 is 0 Å². The van der Waals surface area contributed by atoms with Gasteiger partial charge < -0.3 is 5.32 Å². The van der Waals surface area contributed by atoms with E-state index in [0.29, 0.717) is 17.1 Å². The summed E-state index contributed by atoms with van der Waals surface area (Å²) in [5, 5.41) is 3.14. The number of anilines is 2. The average molecular weight is 316 g/mol. The van der Waals surface area contributed by atoms with Crippen molar-refractivity contribution < 1.29 is 8.42 Å². The topological polar surface area (TPSA) is 58.2 Å². The van der Waals surface area contributed by atoms with Crippen molar-refractivity contribution in [2.75, 3.05) is 16.6 Å². The molecule has 2 rings (SSSR count). The molecule has 0 fully saturated rings. The lowest BCUT2D eigenvalue weighted by Crippen LogP contribution is -2.14. The Hall–Kier alpha value is -2.27. The van der Waals surface area contributed by atoms with Crippen LogP contribution in [0.25, 0.3) is 0 Å². The van der Waals surface area contributed by atoms with Crippen LogP contribution in [0, 0.1) is 13.8 Å². The lowest BCUT2D eigenvalue weighted by molar-refractivity contribution is 0.600. The lowest BCUT2D eigenvalue weighted by atomic mass is 10.2. The number of aryl methyl sites for hydroxylation is 2. The molecule has 0 spiro atoms. The SMILES string of the molecule is C=CCNc1ccc(NS(=O)(=O)c2ccc(C)cc2C)cc1. The average Bonchev–Trinajstić information content (AvgIpc) is 2.45. The van der Waals surface area contributed by atoms with E-state index in [2.05, 4.69) is 16.6 Å². The van der Waals surface area contributed by atoms with E-state index < -0.39 is 10.0 Å². The zero-order valence-corrected chi connectivity index (χ0v) is 13.6. The molecule has 0 aromatic heterocycles. The van der Waals surface area contributed by atoms with Gasteiger partial charge in [-0.25, -0.2) is 8.42 Å². The predicted molar refractivity (Wildman–Crippen MR) is 91.9 cm³/mol. The van der Waals surface area contributed by atoms with Crippen LogP contribution in [-0.4, -0.2) is 15.0 Å². The molecular formula is C17H20N2O2S. The molecule has 2 aromatic rings. The molecular weight excluding hydrogens is 296 g/mol. The Morgan fingerprint density at radius 3 is 2.27 bits per heavy atom. The summed E-state index contributed by atoms with van der Waals surface area (Å²) in [6, 6.07) is 12.4. The van der Waals surface area contributed by atoms with E-state index in [9.17, 15) is 8.42 Å². The highest BCUT2D eigenvalue weighted by Gasteiger charge is 2.16. The van der Waals surface area contributed by atoms with Gasteiger partial charge in [-0.05, 0) is 49.7 Å². The molecule has 0 unspecified atom stereocenters. The van der Waals surface area contributed by atoms with Gasteiger partial charge in [0.2, 0.25) is 0 Å². The predicted octanol–water partition coefficient (Wildman–Crippen LogP) is 3.70. The minimum absolute atomic E-state index is 0.298. The van der Waals surface area contributed by atoms with Crippen molar-refractivity contribution in [2.45, 2.75) is 18.7 Å². The van der Waals surface area contributed by atoms with Crippen molar-refractivity contribution in [3.63, 3.8) is 0 Å². The van der Waals surface area contributed by atoms with Crippen LogP contribution in [0.5, 0.6) is 0 Å². The Morgan fingerprint density at radius 1 is 1.05 bits per heavy atom. The Bertz CT molecular complexity index is 766. The Morgan fingerprint density at radius 2 is 1.68 bits per heavy atom. The fourth-order valence-corrected chi connectivity index (χ4v) is 3.44. The van der Waals surface area contributed by atoms with Crippen molar-refractivity contribution in [3.8, 4) is 0 Å². The van der Waals surface area contributed by atoms with Gasteiger partial charge in [0.15, 0.2) is 0 Å². The fourth-order valence-electron chi connectivity index (χ4n) is 2.16. The summed E-state index contributed by atoms with van der Waals surface area (Å²) in [4.78, 5) is 0.298. The normalized spacial score (nSPS) is 11.0. The molecule has 0 radical (unpaired) electrons. The van der Waals surface area contributed by atoms with Crippen molar-refractivity contribution >= 4 is 21.4 Å². The third kappa shape index (κ3) is 3.89. The minimum atomic E-state index is -3.58. The standard InChI is InChI=1S/C17H20N2O2S/c1-4-11-18-15-6-8-16(9-7-15)19-22(20,21)17-10-5-13(2)12-14(17)3/h4-10,12,18-19H,1,11H2,2-3H3. The fraction of sp³-hybridized carbons (Fsp3) is 0.176. The first-order valence-electron chi connectivity index (χ1n) is 6.97. The molecule has 0 amide bonds.